The van der Waals surface area contributed by atoms with Crippen LogP contribution in [0, 0.1) is 5.92 Å². The van der Waals surface area contributed by atoms with Crippen LogP contribution in [0.4, 0.5) is 0 Å². The second-order valence-corrected chi connectivity index (χ2v) is 15.6. The van der Waals surface area contributed by atoms with Gasteiger partial charge in [0.25, 0.3) is 0 Å². The number of fused-ring (bicyclic) bond motifs is 2. The van der Waals surface area contributed by atoms with Crippen LogP contribution in [0.5, 0.6) is 0 Å². The van der Waals surface area contributed by atoms with Gasteiger partial charge in [-0.15, -0.1) is 0 Å². The third-order valence-electron chi connectivity index (χ3n) is 7.96. The number of hydrogen-bond donors (Lipinski definition) is 5. The first-order valence-corrected chi connectivity index (χ1v) is 15.9. The number of carbonyl (C=O) groups is 3. The molecule has 0 amide bonds. The van der Waals surface area contributed by atoms with Gasteiger partial charge < -0.3 is 49.2 Å². The van der Waals surface area contributed by atoms with Gasteiger partial charge in [-0.2, -0.15) is 0 Å². The van der Waals surface area contributed by atoms with E-state index in [1.54, 1.807) is 6.92 Å². The predicted octanol–water partition coefficient (Wildman–Crippen LogP) is 1.71. The van der Waals surface area contributed by atoms with Crippen molar-refractivity contribution in [1.82, 2.24) is 0 Å². The van der Waals surface area contributed by atoms with Crippen molar-refractivity contribution in [3.63, 3.8) is 0 Å². The van der Waals surface area contributed by atoms with Crippen molar-refractivity contribution < 1.29 is 63.6 Å². The smallest absolute Gasteiger partial charge is 0.346 e. The summed E-state index contributed by atoms with van der Waals surface area (Å²) in [6, 6.07) is 9.33. The van der Waals surface area contributed by atoms with Crippen molar-refractivity contribution >= 4 is 17.9 Å². The molecule has 0 saturated carbocycles. The van der Waals surface area contributed by atoms with E-state index < -0.39 is 94.6 Å². The topological polar surface area (TPSA) is 199 Å². The maximum Gasteiger partial charge on any atom is 0.346 e. The number of esters is 3. The molecule has 13 heteroatoms. The number of aliphatic hydroxyl groups excluding tert-OH is 4. The summed E-state index contributed by atoms with van der Waals surface area (Å²) in [7, 11) is 0. The van der Waals surface area contributed by atoms with Crippen molar-refractivity contribution in [2.45, 2.75) is 153 Å². The fraction of sp³-hybridized carbons (Fsp3) is 0.735. The van der Waals surface area contributed by atoms with Crippen molar-refractivity contribution in [2.75, 3.05) is 0 Å². The van der Waals surface area contributed by atoms with Crippen LogP contribution in [0.15, 0.2) is 30.3 Å². The van der Waals surface area contributed by atoms with Crippen molar-refractivity contribution in [1.29, 1.82) is 0 Å². The van der Waals surface area contributed by atoms with E-state index >= 15 is 0 Å². The molecule has 0 aliphatic carbocycles. The van der Waals surface area contributed by atoms with E-state index in [9.17, 15) is 39.9 Å². The summed E-state index contributed by atoms with van der Waals surface area (Å²) < 4.78 is 28.4. The van der Waals surface area contributed by atoms with Crippen LogP contribution in [0.2, 0.25) is 0 Å². The summed E-state index contributed by atoms with van der Waals surface area (Å²) in [5, 5.41) is 57.4. The molecule has 47 heavy (non-hydrogen) atoms. The maximum atomic E-state index is 14.1. The zero-order valence-electron chi connectivity index (χ0n) is 29.0. The zero-order valence-corrected chi connectivity index (χ0v) is 29.0. The largest absolute Gasteiger partial charge is 0.458 e. The number of hydrogen-bond acceptors (Lipinski definition) is 13. The van der Waals surface area contributed by atoms with Crippen LogP contribution in [-0.4, -0.2) is 108 Å². The summed E-state index contributed by atoms with van der Waals surface area (Å²) in [6.07, 6.45) is -10.1. The molecule has 2 aliphatic heterocycles. The molecular weight excluding hydrogens is 616 g/mol. The number of rotatable bonds is 10. The van der Waals surface area contributed by atoms with E-state index in [0.717, 1.165) is 5.56 Å². The second-order valence-electron chi connectivity index (χ2n) is 15.6. The molecule has 1 aromatic carbocycles. The van der Waals surface area contributed by atoms with Crippen molar-refractivity contribution in [3.05, 3.63) is 35.9 Å². The molecule has 2 aliphatic rings. The van der Waals surface area contributed by atoms with Crippen LogP contribution < -0.4 is 0 Å². The lowest BCUT2D eigenvalue weighted by Gasteiger charge is -2.51. The van der Waals surface area contributed by atoms with Gasteiger partial charge >= 0.3 is 17.9 Å². The SMILES string of the molecule is C[C@H](Cc1ccccc1)[C@H](O)C(O)CC[C@]12O[C@H](C(=O)OC(C)(C)C)[C@@](O)(C(=O)OC(C)(C)C)[C@](C(=O)OC(C)(C)C)(O1)[C@H](O)[C@H]2O. The molecule has 9 atom stereocenters. The predicted molar refractivity (Wildman–Crippen MR) is 166 cm³/mol. The van der Waals surface area contributed by atoms with Gasteiger partial charge in [0.2, 0.25) is 17.3 Å². The lowest BCUT2D eigenvalue weighted by molar-refractivity contribution is -0.379. The highest BCUT2D eigenvalue weighted by atomic mass is 16.8. The molecule has 2 saturated heterocycles. The first-order chi connectivity index (χ1) is 21.3. The van der Waals surface area contributed by atoms with Crippen molar-refractivity contribution in [2.24, 2.45) is 5.92 Å². The van der Waals surface area contributed by atoms with Gasteiger partial charge in [0.1, 0.15) is 29.0 Å². The molecule has 266 valence electrons. The van der Waals surface area contributed by atoms with Crippen LogP contribution >= 0.6 is 0 Å². The Balaban J connectivity index is 2.11. The molecule has 0 radical (unpaired) electrons. The summed E-state index contributed by atoms with van der Waals surface area (Å²) in [5.74, 6) is -7.30. The summed E-state index contributed by atoms with van der Waals surface area (Å²) in [6.45, 7) is 15.2. The molecule has 5 N–H and O–H groups in total. The first kappa shape index (κ1) is 38.8. The highest BCUT2D eigenvalue weighted by Crippen LogP contribution is 2.56. The molecule has 13 nitrogen and oxygen atoms in total. The Morgan fingerprint density at radius 3 is 1.85 bits per heavy atom. The lowest BCUT2D eigenvalue weighted by Crippen LogP contribution is -2.79. The molecule has 1 aromatic rings. The average molecular weight is 669 g/mol. The minimum atomic E-state index is -3.45. The van der Waals surface area contributed by atoms with Crippen LogP contribution in [-0.2, 0) is 44.5 Å². The van der Waals surface area contributed by atoms with Gasteiger partial charge in [0, 0.05) is 6.42 Å². The van der Waals surface area contributed by atoms with Gasteiger partial charge in [-0.25, -0.2) is 14.4 Å². The molecule has 2 bridgehead atoms. The third-order valence-corrected chi connectivity index (χ3v) is 7.96. The van der Waals surface area contributed by atoms with Crippen molar-refractivity contribution in [3.8, 4) is 0 Å². The fourth-order valence-corrected chi connectivity index (χ4v) is 5.86. The summed E-state index contributed by atoms with van der Waals surface area (Å²) in [4.78, 5) is 41.7. The van der Waals surface area contributed by atoms with Crippen LogP contribution in [0.1, 0.15) is 87.6 Å². The van der Waals surface area contributed by atoms with Gasteiger partial charge in [-0.05, 0) is 86.6 Å². The minimum Gasteiger partial charge on any atom is -0.458 e. The number of carbonyl (C=O) groups excluding carboxylic acids is 3. The van der Waals surface area contributed by atoms with Gasteiger partial charge in [0.05, 0.1) is 12.2 Å². The second kappa shape index (κ2) is 13.3. The monoisotopic (exact) mass is 668 g/mol. The van der Waals surface area contributed by atoms with Crippen LogP contribution in [0.3, 0.4) is 0 Å². The summed E-state index contributed by atoms with van der Waals surface area (Å²) >= 11 is 0. The van der Waals surface area contributed by atoms with E-state index in [1.807, 2.05) is 30.3 Å². The van der Waals surface area contributed by atoms with E-state index in [-0.39, 0.29) is 6.42 Å². The number of benzene rings is 1. The minimum absolute atomic E-state index is 0.333. The lowest BCUT2D eigenvalue weighted by atomic mass is 9.74. The molecule has 2 fully saturated rings. The molecule has 3 rings (SSSR count). The Hall–Kier alpha value is -2.65. The normalized spacial score (nSPS) is 31.4. The Bertz CT molecular complexity index is 1280. The van der Waals surface area contributed by atoms with Gasteiger partial charge in [-0.3, -0.25) is 0 Å². The van der Waals surface area contributed by atoms with E-state index in [1.165, 1.54) is 62.3 Å². The first-order valence-electron chi connectivity index (χ1n) is 15.9. The molecule has 1 unspecified atom stereocenters. The van der Waals surface area contributed by atoms with E-state index in [4.69, 9.17) is 23.7 Å². The van der Waals surface area contributed by atoms with Gasteiger partial charge in [-0.1, -0.05) is 37.3 Å². The standard InChI is InChI=1S/C34H52O13/c1-19(18-20-14-12-11-13-15-20)22(36)21(35)16-17-32-23(37)24(38)34(47-32,28(41)46-31(8,9)10)33(42,27(40)45-30(5,6)7)25(43-32)26(39)44-29(2,3)4/h11-15,19,21-25,35-38,42H,16-18H2,1-10H3/t19-,21?,22+,23-,24-,25-,32+,33-,34+/m1/s1. The molecule has 0 spiro atoms. The fourth-order valence-electron chi connectivity index (χ4n) is 5.86. The molecule has 0 aromatic heterocycles. The van der Waals surface area contributed by atoms with Gasteiger partial charge in [0.15, 0.2) is 5.79 Å². The highest BCUT2D eigenvalue weighted by molar-refractivity contribution is 5.99. The highest BCUT2D eigenvalue weighted by Gasteiger charge is 2.85. The van der Waals surface area contributed by atoms with Crippen LogP contribution in [0.25, 0.3) is 0 Å². The van der Waals surface area contributed by atoms with E-state index in [2.05, 4.69) is 0 Å². The number of aliphatic hydroxyl groups is 5. The molecular formula is C34H52O13. The number of ether oxygens (including phenoxy) is 5. The van der Waals surface area contributed by atoms with E-state index in [0.29, 0.717) is 6.42 Å². The Morgan fingerprint density at radius 2 is 1.34 bits per heavy atom. The third kappa shape index (κ3) is 7.98. The Kier molecular flexibility index (Phi) is 11.0. The average Bonchev–Trinajstić information content (AvgIpc) is 3.12. The maximum absolute atomic E-state index is 14.1. The molecule has 2 heterocycles. The Labute approximate surface area is 276 Å². The quantitative estimate of drug-likeness (QED) is 0.179. The zero-order chi connectivity index (χ0) is 36.0. The Morgan fingerprint density at radius 1 is 0.830 bits per heavy atom. The summed E-state index contributed by atoms with van der Waals surface area (Å²) in [5.41, 5.74) is -9.44.